The van der Waals surface area contributed by atoms with E-state index in [0.29, 0.717) is 0 Å². The molecule has 0 radical (unpaired) electrons. The molecule has 2 amide bonds. The molecule has 0 aromatic heterocycles. The van der Waals surface area contributed by atoms with Crippen LogP contribution >= 0.6 is 69.6 Å². The van der Waals surface area contributed by atoms with E-state index in [1.165, 1.54) is 0 Å². The number of carbonyl (C=O) groups excluding carboxylic acids is 2. The number of hydroxylamine groups is 2. The topological polar surface area (TPSA) is 57.6 Å². The Morgan fingerprint density at radius 2 is 1.21 bits per heavy atom. The number of halogens is 6. The molecule has 1 saturated carbocycles. The summed E-state index contributed by atoms with van der Waals surface area (Å²) in [4.78, 5) is 20.2. The first-order chi connectivity index (χ1) is 8.54. The first kappa shape index (κ1) is 14.5. The Kier molecular flexibility index (Phi) is 2.80. The smallest absolute Gasteiger partial charge is 0.259 e. The van der Waals surface area contributed by atoms with E-state index in [1.807, 2.05) is 0 Å². The van der Waals surface area contributed by atoms with Crippen molar-refractivity contribution in [3.63, 3.8) is 0 Å². The zero-order valence-corrected chi connectivity index (χ0v) is 13.2. The molecule has 0 aromatic carbocycles. The van der Waals surface area contributed by atoms with Crippen LogP contribution < -0.4 is 0 Å². The second kappa shape index (κ2) is 3.67. The molecule has 3 aliphatic rings. The van der Waals surface area contributed by atoms with E-state index in [4.69, 9.17) is 69.6 Å². The lowest BCUT2D eigenvalue weighted by molar-refractivity contribution is -0.173. The fourth-order valence-corrected chi connectivity index (χ4v) is 5.91. The van der Waals surface area contributed by atoms with Crippen molar-refractivity contribution in [3.05, 3.63) is 10.1 Å². The Morgan fingerprint density at radius 3 is 1.53 bits per heavy atom. The Morgan fingerprint density at radius 1 is 0.895 bits per heavy atom. The first-order valence-electron chi connectivity index (χ1n) is 4.93. The minimum atomic E-state index is -1.96. The Balaban J connectivity index is 2.36. The van der Waals surface area contributed by atoms with Crippen LogP contribution in [0.3, 0.4) is 0 Å². The molecule has 1 heterocycles. The van der Waals surface area contributed by atoms with Crippen LogP contribution in [0.1, 0.15) is 0 Å². The first-order valence-corrected chi connectivity index (χ1v) is 7.20. The summed E-state index contributed by atoms with van der Waals surface area (Å²) in [6.45, 7) is 0. The van der Waals surface area contributed by atoms with Crippen molar-refractivity contribution in [1.29, 1.82) is 0 Å². The lowest BCUT2D eigenvalue weighted by atomic mass is 9.84. The van der Waals surface area contributed by atoms with Crippen molar-refractivity contribution >= 4 is 81.4 Å². The van der Waals surface area contributed by atoms with E-state index in [-0.39, 0.29) is 15.1 Å². The quantitative estimate of drug-likeness (QED) is 0.396. The van der Waals surface area contributed by atoms with E-state index in [0.717, 1.165) is 0 Å². The van der Waals surface area contributed by atoms with Gasteiger partial charge in [-0.2, -0.15) is 5.06 Å². The maximum absolute atomic E-state index is 11.9. The summed E-state index contributed by atoms with van der Waals surface area (Å²) in [6, 6.07) is 0. The van der Waals surface area contributed by atoms with Crippen molar-refractivity contribution in [1.82, 2.24) is 5.06 Å². The second-order valence-electron chi connectivity index (χ2n) is 4.57. The molecule has 0 spiro atoms. The van der Waals surface area contributed by atoms with Crippen LogP contribution in [0.5, 0.6) is 0 Å². The molecule has 2 bridgehead atoms. The third-order valence-corrected chi connectivity index (χ3v) is 8.14. The molecule has 2 fully saturated rings. The molecule has 3 rings (SSSR count). The van der Waals surface area contributed by atoms with Gasteiger partial charge in [-0.3, -0.25) is 14.8 Å². The standard InChI is InChI=1S/C9H3Cl6NO3/c10-3-4(11)8(13)2-1(5(17)16(19)6(2)18)7(3,12)9(8,14)15/h1-2,19H/t1-,2+,7-,8-/m0/s1. The number of rotatable bonds is 0. The number of alkyl halides is 4. The minimum Gasteiger partial charge on any atom is -0.278 e. The molecular formula is C9H3Cl6NO3. The molecule has 19 heavy (non-hydrogen) atoms. The van der Waals surface area contributed by atoms with Crippen molar-refractivity contribution < 1.29 is 14.8 Å². The number of hydrogen-bond acceptors (Lipinski definition) is 3. The van der Waals surface area contributed by atoms with Crippen LogP contribution in [0.2, 0.25) is 0 Å². The summed E-state index contributed by atoms with van der Waals surface area (Å²) < 4.78 is -1.96. The fourth-order valence-electron chi connectivity index (χ4n) is 2.98. The minimum absolute atomic E-state index is 0.0493. The highest BCUT2D eigenvalue weighted by atomic mass is 35.5. The molecule has 0 unspecified atom stereocenters. The molecule has 1 saturated heterocycles. The van der Waals surface area contributed by atoms with E-state index in [9.17, 15) is 14.8 Å². The fraction of sp³-hybridized carbons (Fsp3) is 0.556. The molecule has 4 atom stereocenters. The molecule has 10 heteroatoms. The summed E-state index contributed by atoms with van der Waals surface area (Å²) in [5, 5.41) is 9.01. The molecule has 0 aromatic rings. The number of allylic oxidation sites excluding steroid dienone is 2. The zero-order valence-electron chi connectivity index (χ0n) is 8.63. The number of amides is 2. The molecular weight excluding hydrogens is 383 g/mol. The van der Waals surface area contributed by atoms with Gasteiger partial charge in [0, 0.05) is 0 Å². The average Bonchev–Trinajstić information content (AvgIpc) is 2.69. The zero-order chi connectivity index (χ0) is 14.5. The molecule has 2 aliphatic carbocycles. The number of hydrogen-bond donors (Lipinski definition) is 1. The van der Waals surface area contributed by atoms with Crippen molar-refractivity contribution in [2.24, 2.45) is 11.8 Å². The maximum Gasteiger partial charge on any atom is 0.259 e. The Hall–Kier alpha value is 0.580. The molecule has 1 N–H and O–H groups in total. The van der Waals surface area contributed by atoms with Gasteiger partial charge in [0.1, 0.15) is 9.75 Å². The lowest BCUT2D eigenvalue weighted by Crippen LogP contribution is -2.49. The highest BCUT2D eigenvalue weighted by Gasteiger charge is 2.87. The van der Waals surface area contributed by atoms with E-state index < -0.39 is 37.7 Å². The van der Waals surface area contributed by atoms with Gasteiger partial charge in [0.15, 0.2) is 4.33 Å². The van der Waals surface area contributed by atoms with Crippen LogP contribution in [0, 0.1) is 11.8 Å². The normalized spacial score (nSPS) is 47.4. The molecule has 1 aliphatic heterocycles. The predicted molar refractivity (Wildman–Crippen MR) is 71.0 cm³/mol. The van der Waals surface area contributed by atoms with Gasteiger partial charge < -0.3 is 0 Å². The van der Waals surface area contributed by atoms with Gasteiger partial charge in [-0.15, -0.1) is 23.2 Å². The van der Waals surface area contributed by atoms with Crippen LogP contribution in [0.15, 0.2) is 10.1 Å². The third-order valence-electron chi connectivity index (χ3n) is 3.89. The van der Waals surface area contributed by atoms with Gasteiger partial charge in [-0.1, -0.05) is 46.4 Å². The number of fused-ring (bicyclic) bond motifs is 5. The van der Waals surface area contributed by atoms with Gasteiger partial charge in [-0.25, -0.2) is 0 Å². The van der Waals surface area contributed by atoms with Crippen molar-refractivity contribution in [2.75, 3.05) is 0 Å². The monoisotopic (exact) mass is 383 g/mol. The summed E-state index contributed by atoms with van der Waals surface area (Å²) in [6.07, 6.45) is 0. The highest BCUT2D eigenvalue weighted by Crippen LogP contribution is 2.77. The van der Waals surface area contributed by atoms with E-state index in [2.05, 4.69) is 0 Å². The van der Waals surface area contributed by atoms with Gasteiger partial charge in [0.05, 0.1) is 21.9 Å². The Labute approximate surface area is 137 Å². The van der Waals surface area contributed by atoms with Gasteiger partial charge >= 0.3 is 0 Å². The summed E-state index contributed by atoms with van der Waals surface area (Å²) in [5.74, 6) is -4.45. The van der Waals surface area contributed by atoms with Crippen LogP contribution in [-0.4, -0.2) is 36.2 Å². The van der Waals surface area contributed by atoms with Crippen LogP contribution in [0.25, 0.3) is 0 Å². The van der Waals surface area contributed by atoms with Crippen LogP contribution in [-0.2, 0) is 9.59 Å². The Bertz CT molecular complexity index is 530. The van der Waals surface area contributed by atoms with Gasteiger partial charge in [-0.05, 0) is 0 Å². The number of carbonyl (C=O) groups is 2. The molecule has 4 nitrogen and oxygen atoms in total. The number of imide groups is 1. The third kappa shape index (κ3) is 1.15. The van der Waals surface area contributed by atoms with E-state index in [1.54, 1.807) is 0 Å². The van der Waals surface area contributed by atoms with Crippen molar-refractivity contribution in [3.8, 4) is 0 Å². The van der Waals surface area contributed by atoms with Gasteiger partial charge in [0.2, 0.25) is 0 Å². The van der Waals surface area contributed by atoms with E-state index >= 15 is 0 Å². The SMILES string of the molecule is O=C1[C@@H]2[C@H](C(=O)N1O)[C@]1(Cl)C(Cl)=C(Cl)[C@]2(Cl)C1(Cl)Cl. The average molecular weight is 386 g/mol. The summed E-state index contributed by atoms with van der Waals surface area (Å²) >= 11 is 37.0. The van der Waals surface area contributed by atoms with Gasteiger partial charge in [0.25, 0.3) is 11.8 Å². The largest absolute Gasteiger partial charge is 0.278 e. The second-order valence-corrected chi connectivity index (χ2v) is 7.85. The number of nitrogens with zero attached hydrogens (tertiary/aromatic N) is 1. The summed E-state index contributed by atoms with van der Waals surface area (Å²) in [7, 11) is 0. The highest BCUT2D eigenvalue weighted by molar-refractivity contribution is 6.66. The summed E-state index contributed by atoms with van der Waals surface area (Å²) in [5.41, 5.74) is 0. The maximum atomic E-state index is 11.9. The lowest BCUT2D eigenvalue weighted by Gasteiger charge is -2.33. The van der Waals surface area contributed by atoms with Crippen LogP contribution in [0.4, 0.5) is 0 Å². The predicted octanol–water partition coefficient (Wildman–Crippen LogP) is 2.82. The molecule has 104 valence electrons. The van der Waals surface area contributed by atoms with Crippen molar-refractivity contribution in [2.45, 2.75) is 14.1 Å².